The zero-order chi connectivity index (χ0) is 21.7. The summed E-state index contributed by atoms with van der Waals surface area (Å²) < 4.78 is 21.1. The average Bonchev–Trinajstić information content (AvgIpc) is 3.43. The molecule has 3 aliphatic rings. The maximum atomic E-state index is 14.7. The summed E-state index contributed by atoms with van der Waals surface area (Å²) in [6.07, 6.45) is 1.62. The molecular formula is C23H23Cl2FN2O3. The van der Waals surface area contributed by atoms with Gasteiger partial charge in [-0.2, -0.15) is 0 Å². The summed E-state index contributed by atoms with van der Waals surface area (Å²) in [5.41, 5.74) is 2.03. The third-order valence-corrected chi connectivity index (χ3v) is 7.01. The Balaban J connectivity index is 1.51. The van der Waals surface area contributed by atoms with E-state index in [1.54, 1.807) is 23.1 Å². The van der Waals surface area contributed by atoms with Crippen molar-refractivity contribution >= 4 is 34.8 Å². The number of carbonyl (C=O) groups excluding carboxylic acids is 1. The van der Waals surface area contributed by atoms with E-state index in [4.69, 9.17) is 27.9 Å². The van der Waals surface area contributed by atoms with Gasteiger partial charge in [-0.3, -0.25) is 9.69 Å². The minimum atomic E-state index is -0.490. The van der Waals surface area contributed by atoms with E-state index in [0.717, 1.165) is 12.1 Å². The lowest BCUT2D eigenvalue weighted by Gasteiger charge is -2.30. The van der Waals surface area contributed by atoms with Gasteiger partial charge in [0.25, 0.3) is 0 Å². The molecule has 1 amide bonds. The average molecular weight is 465 g/mol. The normalized spacial score (nSPS) is 26.0. The van der Waals surface area contributed by atoms with Gasteiger partial charge in [0.15, 0.2) is 0 Å². The minimum Gasteiger partial charge on any atom is -0.482 e. The number of aliphatic hydroxyl groups is 1. The number of fused-ring (bicyclic) bond motifs is 1. The molecule has 2 fully saturated rings. The molecule has 164 valence electrons. The third-order valence-electron chi connectivity index (χ3n) is 6.48. The predicted octanol–water partition coefficient (Wildman–Crippen LogP) is 4.37. The Labute approximate surface area is 190 Å². The van der Waals surface area contributed by atoms with Crippen molar-refractivity contribution in [2.45, 2.75) is 43.9 Å². The fraction of sp³-hybridized carbons (Fsp3) is 0.435. The van der Waals surface area contributed by atoms with Crippen LogP contribution in [0, 0.1) is 5.82 Å². The van der Waals surface area contributed by atoms with Crippen LogP contribution in [-0.4, -0.2) is 47.7 Å². The summed E-state index contributed by atoms with van der Waals surface area (Å²) in [5, 5.41) is 10.8. The molecule has 1 N–H and O–H groups in total. The van der Waals surface area contributed by atoms with E-state index in [1.807, 2.05) is 6.07 Å². The van der Waals surface area contributed by atoms with Crippen molar-refractivity contribution < 1.29 is 19.0 Å². The van der Waals surface area contributed by atoms with Crippen LogP contribution in [0.15, 0.2) is 30.3 Å². The van der Waals surface area contributed by atoms with E-state index < -0.39 is 12.2 Å². The van der Waals surface area contributed by atoms with Crippen molar-refractivity contribution in [2.24, 2.45) is 0 Å². The van der Waals surface area contributed by atoms with Crippen LogP contribution in [0.1, 0.15) is 36.5 Å². The molecule has 2 aromatic carbocycles. The summed E-state index contributed by atoms with van der Waals surface area (Å²) in [4.78, 5) is 16.1. The number of benzene rings is 2. The molecule has 8 heteroatoms. The number of likely N-dealkylation sites (tertiary alicyclic amines) is 1. The fourth-order valence-corrected chi connectivity index (χ4v) is 5.33. The molecule has 0 saturated carbocycles. The first-order chi connectivity index (χ1) is 14.9. The molecule has 5 rings (SSSR count). The van der Waals surface area contributed by atoms with Crippen LogP contribution in [-0.2, 0) is 11.2 Å². The lowest BCUT2D eigenvalue weighted by atomic mass is 10.1. The SMILES string of the molecule is O=C1CCCN1c1ccc(Cl)c(O[C@H]2c3cc(Cl)cc(F)c3C[C@@H]2N2CC[C@@H](O)C2)c1. The van der Waals surface area contributed by atoms with Crippen molar-refractivity contribution in [1.29, 1.82) is 0 Å². The van der Waals surface area contributed by atoms with Gasteiger partial charge in [0.2, 0.25) is 5.91 Å². The molecule has 0 radical (unpaired) electrons. The van der Waals surface area contributed by atoms with Crippen LogP contribution < -0.4 is 9.64 Å². The summed E-state index contributed by atoms with van der Waals surface area (Å²) in [6, 6.07) is 8.24. The van der Waals surface area contributed by atoms with Crippen LogP contribution in [0.5, 0.6) is 5.75 Å². The second-order valence-electron chi connectivity index (χ2n) is 8.47. The van der Waals surface area contributed by atoms with Crippen molar-refractivity contribution in [3.05, 3.63) is 57.3 Å². The lowest BCUT2D eigenvalue weighted by Crippen LogP contribution is -2.39. The first-order valence-electron chi connectivity index (χ1n) is 10.6. The molecule has 0 unspecified atom stereocenters. The van der Waals surface area contributed by atoms with Gasteiger partial charge in [-0.25, -0.2) is 4.39 Å². The van der Waals surface area contributed by atoms with Crippen molar-refractivity contribution in [3.8, 4) is 5.75 Å². The first-order valence-corrected chi connectivity index (χ1v) is 11.3. The number of ether oxygens (including phenoxy) is 1. The number of nitrogens with zero attached hydrogens (tertiary/aromatic N) is 2. The lowest BCUT2D eigenvalue weighted by molar-refractivity contribution is -0.117. The van der Waals surface area contributed by atoms with E-state index in [9.17, 15) is 14.3 Å². The van der Waals surface area contributed by atoms with Gasteiger partial charge >= 0.3 is 0 Å². The zero-order valence-corrected chi connectivity index (χ0v) is 18.4. The highest BCUT2D eigenvalue weighted by Crippen LogP contribution is 2.43. The number of amides is 1. The van der Waals surface area contributed by atoms with Gasteiger partial charge in [0, 0.05) is 48.4 Å². The fourth-order valence-electron chi connectivity index (χ4n) is 4.96. The molecule has 31 heavy (non-hydrogen) atoms. The Kier molecular flexibility index (Phi) is 5.59. The Morgan fingerprint density at radius 3 is 2.71 bits per heavy atom. The number of aliphatic hydroxyl groups excluding tert-OH is 1. The molecule has 0 aromatic heterocycles. The monoisotopic (exact) mass is 464 g/mol. The molecule has 2 saturated heterocycles. The molecule has 5 nitrogen and oxygen atoms in total. The Hall–Kier alpha value is -1.86. The molecule has 0 bridgehead atoms. The molecular weight excluding hydrogens is 442 g/mol. The maximum absolute atomic E-state index is 14.7. The van der Waals surface area contributed by atoms with Crippen LogP contribution in [0.25, 0.3) is 0 Å². The highest BCUT2D eigenvalue weighted by molar-refractivity contribution is 6.32. The van der Waals surface area contributed by atoms with Crippen molar-refractivity contribution in [2.75, 3.05) is 24.5 Å². The standard InChI is InChI=1S/C23H23Cl2FN2O3/c24-13-8-17-16(19(26)9-13)11-20(27-7-5-15(29)12-27)23(17)31-21-10-14(3-4-18(21)25)28-6-1-2-22(28)30/h3-4,8-10,15,20,23,29H,1-2,5-7,11-12H2/t15-,20+,23+/m1/s1. The van der Waals surface area contributed by atoms with E-state index in [1.165, 1.54) is 6.07 Å². The number of rotatable bonds is 4. The Morgan fingerprint density at radius 2 is 2.00 bits per heavy atom. The number of carbonyl (C=O) groups is 1. The van der Waals surface area contributed by atoms with E-state index in [-0.39, 0.29) is 17.8 Å². The quantitative estimate of drug-likeness (QED) is 0.729. The molecule has 2 aromatic rings. The molecule has 3 atom stereocenters. The number of halogens is 3. The summed E-state index contributed by atoms with van der Waals surface area (Å²) in [6.45, 7) is 1.90. The smallest absolute Gasteiger partial charge is 0.227 e. The Morgan fingerprint density at radius 1 is 1.16 bits per heavy atom. The highest BCUT2D eigenvalue weighted by Gasteiger charge is 2.42. The summed E-state index contributed by atoms with van der Waals surface area (Å²) in [7, 11) is 0. The number of anilines is 1. The van der Waals surface area contributed by atoms with Gasteiger partial charge in [-0.1, -0.05) is 23.2 Å². The second kappa shape index (κ2) is 8.24. The van der Waals surface area contributed by atoms with Crippen LogP contribution in [0.4, 0.5) is 10.1 Å². The topological polar surface area (TPSA) is 53.0 Å². The number of β-amino-alcohol motifs (C(OH)–C–C–N with tert-alkyl or cyclic N) is 1. The molecule has 0 spiro atoms. The molecule has 2 heterocycles. The van der Waals surface area contributed by atoms with Crippen molar-refractivity contribution in [1.82, 2.24) is 4.90 Å². The van der Waals surface area contributed by atoms with Crippen LogP contribution >= 0.6 is 23.2 Å². The predicted molar refractivity (Wildman–Crippen MR) is 118 cm³/mol. The second-order valence-corrected chi connectivity index (χ2v) is 9.31. The summed E-state index contributed by atoms with van der Waals surface area (Å²) >= 11 is 12.6. The zero-order valence-electron chi connectivity index (χ0n) is 16.9. The van der Waals surface area contributed by atoms with E-state index >= 15 is 0 Å². The number of hydrogen-bond acceptors (Lipinski definition) is 4. The largest absolute Gasteiger partial charge is 0.482 e. The Bertz CT molecular complexity index is 1030. The molecule has 1 aliphatic carbocycles. The third kappa shape index (κ3) is 3.91. The van der Waals surface area contributed by atoms with E-state index in [0.29, 0.717) is 65.8 Å². The van der Waals surface area contributed by atoms with Gasteiger partial charge in [0.05, 0.1) is 17.2 Å². The molecule has 2 aliphatic heterocycles. The maximum Gasteiger partial charge on any atom is 0.227 e. The van der Waals surface area contributed by atoms with Gasteiger partial charge in [-0.05, 0) is 49.1 Å². The van der Waals surface area contributed by atoms with Gasteiger partial charge < -0.3 is 14.7 Å². The highest BCUT2D eigenvalue weighted by atomic mass is 35.5. The van der Waals surface area contributed by atoms with E-state index in [2.05, 4.69) is 4.90 Å². The number of hydrogen-bond donors (Lipinski definition) is 1. The van der Waals surface area contributed by atoms with Crippen LogP contribution in [0.3, 0.4) is 0 Å². The van der Waals surface area contributed by atoms with Gasteiger partial charge in [-0.15, -0.1) is 0 Å². The van der Waals surface area contributed by atoms with Crippen LogP contribution in [0.2, 0.25) is 10.0 Å². The minimum absolute atomic E-state index is 0.0808. The summed E-state index contributed by atoms with van der Waals surface area (Å²) in [5.74, 6) is 0.181. The van der Waals surface area contributed by atoms with Gasteiger partial charge in [0.1, 0.15) is 17.7 Å². The van der Waals surface area contributed by atoms with Crippen molar-refractivity contribution in [3.63, 3.8) is 0 Å². The first kappa shape index (κ1) is 21.0.